The summed E-state index contributed by atoms with van der Waals surface area (Å²) in [6, 6.07) is 5.57. The highest BCUT2D eigenvalue weighted by atomic mass is 16.1. The number of carbonyl (C=O) groups excluding carboxylic acids is 1. The van der Waals surface area contributed by atoms with Crippen LogP contribution >= 0.6 is 0 Å². The van der Waals surface area contributed by atoms with Crippen LogP contribution in [0, 0.1) is 6.92 Å². The van der Waals surface area contributed by atoms with E-state index in [4.69, 9.17) is 5.73 Å². The highest BCUT2D eigenvalue weighted by molar-refractivity contribution is 5.94. The van der Waals surface area contributed by atoms with Gasteiger partial charge in [0, 0.05) is 18.8 Å². The number of rotatable bonds is 5. The highest BCUT2D eigenvalue weighted by Crippen LogP contribution is 2.22. The highest BCUT2D eigenvalue weighted by Gasteiger charge is 2.10. The number of benzene rings is 1. The fraction of sp³-hybridized carbons (Fsp3) is 0.333. The molecule has 0 unspecified atom stereocenters. The number of amides is 1. The number of hydrogen-bond acceptors (Lipinski definition) is 3. The van der Waals surface area contributed by atoms with Crippen molar-refractivity contribution in [2.75, 3.05) is 11.1 Å². The van der Waals surface area contributed by atoms with Gasteiger partial charge in [-0.3, -0.25) is 4.79 Å². The van der Waals surface area contributed by atoms with E-state index in [9.17, 15) is 4.79 Å². The van der Waals surface area contributed by atoms with Gasteiger partial charge in [0.2, 0.25) is 5.91 Å². The van der Waals surface area contributed by atoms with Crippen LogP contribution in [0.1, 0.15) is 24.7 Å². The first-order valence-corrected chi connectivity index (χ1v) is 6.76. The van der Waals surface area contributed by atoms with Gasteiger partial charge in [-0.2, -0.15) is 0 Å². The molecule has 3 N–H and O–H groups in total. The lowest BCUT2D eigenvalue weighted by molar-refractivity contribution is -0.116. The third kappa shape index (κ3) is 3.17. The Labute approximate surface area is 118 Å². The van der Waals surface area contributed by atoms with Gasteiger partial charge in [-0.05, 0) is 25.0 Å². The molecule has 0 bridgehead atoms. The van der Waals surface area contributed by atoms with E-state index in [1.807, 2.05) is 29.8 Å². The van der Waals surface area contributed by atoms with Gasteiger partial charge in [-0.15, -0.1) is 0 Å². The lowest BCUT2D eigenvalue weighted by atomic mass is 10.1. The number of carbonyl (C=O) groups is 1. The maximum atomic E-state index is 12.1. The van der Waals surface area contributed by atoms with Crippen molar-refractivity contribution in [2.45, 2.75) is 33.2 Å². The molecule has 0 fully saturated rings. The van der Waals surface area contributed by atoms with Gasteiger partial charge in [-0.25, -0.2) is 4.98 Å². The number of para-hydroxylation sites is 1. The molecule has 2 aromatic rings. The van der Waals surface area contributed by atoms with E-state index in [0.29, 0.717) is 11.4 Å². The molecule has 1 amide bonds. The van der Waals surface area contributed by atoms with Crippen molar-refractivity contribution in [3.05, 3.63) is 42.0 Å². The van der Waals surface area contributed by atoms with Crippen LogP contribution in [0.4, 0.5) is 11.4 Å². The van der Waals surface area contributed by atoms with Crippen LogP contribution in [0.3, 0.4) is 0 Å². The third-order valence-corrected chi connectivity index (χ3v) is 3.16. The number of nitrogens with zero attached hydrogens (tertiary/aromatic N) is 2. The predicted octanol–water partition coefficient (Wildman–Crippen LogP) is 2.36. The fourth-order valence-corrected chi connectivity index (χ4v) is 2.13. The van der Waals surface area contributed by atoms with Crippen molar-refractivity contribution in [1.29, 1.82) is 0 Å². The zero-order valence-electron chi connectivity index (χ0n) is 11.9. The Balaban J connectivity index is 2.07. The molecule has 0 spiro atoms. The van der Waals surface area contributed by atoms with E-state index in [-0.39, 0.29) is 12.5 Å². The number of nitrogens with two attached hydrogens (primary N) is 1. The van der Waals surface area contributed by atoms with E-state index in [1.54, 1.807) is 12.3 Å². The molecule has 0 radical (unpaired) electrons. The summed E-state index contributed by atoms with van der Waals surface area (Å²) in [7, 11) is 0. The predicted molar refractivity (Wildman–Crippen MR) is 80.4 cm³/mol. The Bertz CT molecular complexity index is 583. The van der Waals surface area contributed by atoms with Gasteiger partial charge in [0.15, 0.2) is 0 Å². The van der Waals surface area contributed by atoms with Gasteiger partial charge < -0.3 is 15.6 Å². The second-order valence-electron chi connectivity index (χ2n) is 4.81. The molecule has 0 saturated heterocycles. The Morgan fingerprint density at radius 3 is 2.95 bits per heavy atom. The zero-order chi connectivity index (χ0) is 14.5. The number of imidazole rings is 1. The maximum Gasteiger partial charge on any atom is 0.244 e. The minimum atomic E-state index is -0.0960. The van der Waals surface area contributed by atoms with Crippen LogP contribution in [-0.4, -0.2) is 15.5 Å². The number of nitrogen functional groups attached to an aromatic ring is 1. The van der Waals surface area contributed by atoms with E-state index in [0.717, 1.165) is 24.2 Å². The molecular formula is C15H20N4O. The Morgan fingerprint density at radius 1 is 1.45 bits per heavy atom. The minimum Gasteiger partial charge on any atom is -0.397 e. The van der Waals surface area contributed by atoms with Gasteiger partial charge in [-0.1, -0.05) is 19.1 Å². The smallest absolute Gasteiger partial charge is 0.244 e. The standard InChI is InChI=1S/C15H20N4O/c1-3-5-13-17-8-9-19(13)10-14(20)18-15-11(2)6-4-7-12(15)16/h4,6-9H,3,5,10,16H2,1-2H3,(H,18,20). The zero-order valence-corrected chi connectivity index (χ0v) is 11.9. The monoisotopic (exact) mass is 272 g/mol. The average Bonchev–Trinajstić information content (AvgIpc) is 2.82. The lowest BCUT2D eigenvalue weighted by Gasteiger charge is -2.12. The normalized spacial score (nSPS) is 10.5. The van der Waals surface area contributed by atoms with Crippen molar-refractivity contribution >= 4 is 17.3 Å². The molecule has 106 valence electrons. The van der Waals surface area contributed by atoms with Crippen molar-refractivity contribution in [3.63, 3.8) is 0 Å². The van der Waals surface area contributed by atoms with Crippen molar-refractivity contribution in [1.82, 2.24) is 9.55 Å². The first-order chi connectivity index (χ1) is 9.61. The van der Waals surface area contributed by atoms with E-state index < -0.39 is 0 Å². The summed E-state index contributed by atoms with van der Waals surface area (Å²) in [4.78, 5) is 16.4. The lowest BCUT2D eigenvalue weighted by Crippen LogP contribution is -2.21. The Morgan fingerprint density at radius 2 is 2.25 bits per heavy atom. The van der Waals surface area contributed by atoms with Crippen molar-refractivity contribution in [2.24, 2.45) is 0 Å². The molecule has 0 aliphatic rings. The van der Waals surface area contributed by atoms with Crippen LogP contribution in [0.25, 0.3) is 0 Å². The number of anilines is 2. The van der Waals surface area contributed by atoms with E-state index in [1.165, 1.54) is 0 Å². The number of aryl methyl sites for hydroxylation is 2. The SMILES string of the molecule is CCCc1nccn1CC(=O)Nc1c(C)cccc1N. The van der Waals surface area contributed by atoms with Crippen LogP contribution in [0.2, 0.25) is 0 Å². The summed E-state index contributed by atoms with van der Waals surface area (Å²) in [6.45, 7) is 4.27. The van der Waals surface area contributed by atoms with Crippen LogP contribution in [0.15, 0.2) is 30.6 Å². The first-order valence-electron chi connectivity index (χ1n) is 6.76. The summed E-state index contributed by atoms with van der Waals surface area (Å²) in [5.74, 6) is 0.835. The quantitative estimate of drug-likeness (QED) is 0.821. The van der Waals surface area contributed by atoms with Gasteiger partial charge in [0.25, 0.3) is 0 Å². The molecule has 2 rings (SSSR count). The third-order valence-electron chi connectivity index (χ3n) is 3.16. The van der Waals surface area contributed by atoms with Crippen LogP contribution < -0.4 is 11.1 Å². The van der Waals surface area contributed by atoms with Crippen molar-refractivity contribution < 1.29 is 4.79 Å². The van der Waals surface area contributed by atoms with Crippen LogP contribution in [-0.2, 0) is 17.8 Å². The fourth-order valence-electron chi connectivity index (χ4n) is 2.13. The Kier molecular flexibility index (Phi) is 4.40. The molecule has 0 aliphatic heterocycles. The van der Waals surface area contributed by atoms with Gasteiger partial charge in [0.05, 0.1) is 11.4 Å². The maximum absolute atomic E-state index is 12.1. The molecule has 0 aliphatic carbocycles. The molecule has 0 atom stereocenters. The van der Waals surface area contributed by atoms with E-state index in [2.05, 4.69) is 17.2 Å². The summed E-state index contributed by atoms with van der Waals surface area (Å²) >= 11 is 0. The molecule has 5 nitrogen and oxygen atoms in total. The molecule has 1 heterocycles. The molecule has 1 aromatic carbocycles. The molecule has 5 heteroatoms. The first kappa shape index (κ1) is 14.1. The van der Waals surface area contributed by atoms with Gasteiger partial charge >= 0.3 is 0 Å². The number of hydrogen-bond donors (Lipinski definition) is 2. The second kappa shape index (κ2) is 6.23. The summed E-state index contributed by atoms with van der Waals surface area (Å²) < 4.78 is 1.87. The molecule has 1 aromatic heterocycles. The van der Waals surface area contributed by atoms with Crippen molar-refractivity contribution in [3.8, 4) is 0 Å². The number of aromatic nitrogens is 2. The largest absolute Gasteiger partial charge is 0.397 e. The number of nitrogens with one attached hydrogen (secondary N) is 1. The van der Waals surface area contributed by atoms with E-state index >= 15 is 0 Å². The van der Waals surface area contributed by atoms with Crippen LogP contribution in [0.5, 0.6) is 0 Å². The summed E-state index contributed by atoms with van der Waals surface area (Å²) in [5, 5.41) is 2.87. The molecular weight excluding hydrogens is 252 g/mol. The summed E-state index contributed by atoms with van der Waals surface area (Å²) in [6.07, 6.45) is 5.42. The average molecular weight is 272 g/mol. The Hall–Kier alpha value is -2.30. The molecule has 20 heavy (non-hydrogen) atoms. The van der Waals surface area contributed by atoms with Gasteiger partial charge in [0.1, 0.15) is 12.4 Å². The second-order valence-corrected chi connectivity index (χ2v) is 4.81. The minimum absolute atomic E-state index is 0.0960. The molecule has 0 saturated carbocycles. The summed E-state index contributed by atoms with van der Waals surface area (Å²) in [5.41, 5.74) is 8.11. The topological polar surface area (TPSA) is 72.9 Å².